The number of carbonyl (C=O) groups excluding carboxylic acids is 1. The van der Waals surface area contributed by atoms with Crippen LogP contribution in [-0.4, -0.2) is 46.4 Å². The molecule has 242 valence electrons. The highest BCUT2D eigenvalue weighted by atomic mass is 32.2. The number of carbonyl (C=O) groups is 1. The number of sulfonamides is 1. The van der Waals surface area contributed by atoms with Crippen LogP contribution in [0.25, 0.3) is 10.8 Å². The maximum atomic E-state index is 14.7. The molecule has 46 heavy (non-hydrogen) atoms. The van der Waals surface area contributed by atoms with Crippen molar-refractivity contribution in [2.45, 2.75) is 68.3 Å². The van der Waals surface area contributed by atoms with Gasteiger partial charge in [0.2, 0.25) is 21.7 Å². The van der Waals surface area contributed by atoms with Crippen molar-refractivity contribution in [3.8, 4) is 0 Å². The number of nitrogens with one attached hydrogen (secondary N) is 1. The van der Waals surface area contributed by atoms with Gasteiger partial charge in [0.25, 0.3) is 5.56 Å². The smallest absolute Gasteiger partial charge is 0.272 e. The topological polar surface area (TPSA) is 116 Å². The second-order valence-corrected chi connectivity index (χ2v) is 13.3. The number of nitrogens with zero attached hydrogens (tertiary/aromatic N) is 4. The number of halogens is 5. The molecule has 2 fully saturated rings. The van der Waals surface area contributed by atoms with Crippen molar-refractivity contribution in [3.63, 3.8) is 0 Å². The summed E-state index contributed by atoms with van der Waals surface area (Å²) >= 11 is 0. The van der Waals surface area contributed by atoms with Crippen molar-refractivity contribution in [1.29, 1.82) is 0 Å². The summed E-state index contributed by atoms with van der Waals surface area (Å²) in [6, 6.07) is 6.58. The molecule has 1 unspecified atom stereocenters. The molecule has 1 saturated heterocycles. The molecule has 0 bridgehead atoms. The number of H-pyrrole nitrogens is 1. The van der Waals surface area contributed by atoms with Crippen molar-refractivity contribution < 1.29 is 35.2 Å². The Morgan fingerprint density at radius 1 is 0.891 bits per heavy atom. The molecule has 3 heterocycles. The SMILES string of the molecule is O=C(C1CCCN1S(=O)(=O)c1c(F)c(F)c(F)c(F)c1F)N(Cc1ccc(C2CCCCC2)cn1)c1ccc2c(=O)[nH]ncc2c1. The van der Waals surface area contributed by atoms with Gasteiger partial charge in [0.05, 0.1) is 23.8 Å². The van der Waals surface area contributed by atoms with E-state index in [1.54, 1.807) is 12.3 Å². The van der Waals surface area contributed by atoms with Crippen LogP contribution in [0.3, 0.4) is 0 Å². The summed E-state index contributed by atoms with van der Waals surface area (Å²) in [5.41, 5.74) is 1.28. The Morgan fingerprint density at radius 2 is 1.59 bits per heavy atom. The zero-order chi connectivity index (χ0) is 32.7. The summed E-state index contributed by atoms with van der Waals surface area (Å²) in [5.74, 6) is -12.8. The molecule has 2 aliphatic rings. The molecule has 1 atom stereocenters. The van der Waals surface area contributed by atoms with E-state index >= 15 is 0 Å². The highest BCUT2D eigenvalue weighted by Crippen LogP contribution is 2.35. The number of pyridine rings is 1. The van der Waals surface area contributed by atoms with Crippen molar-refractivity contribution >= 4 is 32.4 Å². The van der Waals surface area contributed by atoms with E-state index in [0.717, 1.165) is 31.2 Å². The van der Waals surface area contributed by atoms with Gasteiger partial charge in [-0.25, -0.2) is 35.5 Å². The van der Waals surface area contributed by atoms with Crippen LogP contribution in [0.1, 0.15) is 62.1 Å². The summed E-state index contributed by atoms with van der Waals surface area (Å²) in [6.45, 7) is -0.559. The second-order valence-electron chi connectivity index (χ2n) is 11.5. The van der Waals surface area contributed by atoms with Crippen LogP contribution < -0.4 is 10.5 Å². The van der Waals surface area contributed by atoms with Crippen molar-refractivity contribution in [2.24, 2.45) is 0 Å². The van der Waals surface area contributed by atoms with Crippen LogP contribution in [0.5, 0.6) is 0 Å². The average Bonchev–Trinajstić information content (AvgIpc) is 3.57. The van der Waals surface area contributed by atoms with Crippen molar-refractivity contribution in [3.05, 3.63) is 93.4 Å². The Labute approximate surface area is 260 Å². The lowest BCUT2D eigenvalue weighted by atomic mass is 9.85. The van der Waals surface area contributed by atoms with Crippen LogP contribution in [0.2, 0.25) is 0 Å². The first-order valence-corrected chi connectivity index (χ1v) is 16.2. The Kier molecular flexibility index (Phi) is 8.63. The number of hydrogen-bond acceptors (Lipinski definition) is 6. The Morgan fingerprint density at radius 3 is 2.26 bits per heavy atom. The van der Waals surface area contributed by atoms with Gasteiger partial charge in [0, 0.05) is 23.8 Å². The fraction of sp³-hybridized carbons (Fsp3) is 0.355. The molecule has 0 spiro atoms. The molecule has 1 aliphatic heterocycles. The van der Waals surface area contributed by atoms with Gasteiger partial charge in [-0.2, -0.15) is 9.40 Å². The number of fused-ring (bicyclic) bond motifs is 1. The van der Waals surface area contributed by atoms with E-state index in [9.17, 15) is 40.0 Å². The number of aromatic nitrogens is 3. The van der Waals surface area contributed by atoms with Gasteiger partial charge in [-0.15, -0.1) is 0 Å². The van der Waals surface area contributed by atoms with Crippen LogP contribution in [0.15, 0.2) is 52.4 Å². The highest BCUT2D eigenvalue weighted by molar-refractivity contribution is 7.89. The molecular weight excluding hydrogens is 633 g/mol. The predicted octanol–water partition coefficient (Wildman–Crippen LogP) is 5.45. The summed E-state index contributed by atoms with van der Waals surface area (Å²) in [7, 11) is -5.38. The van der Waals surface area contributed by atoms with Crippen molar-refractivity contribution in [1.82, 2.24) is 19.5 Å². The van der Waals surface area contributed by atoms with Crippen molar-refractivity contribution in [2.75, 3.05) is 11.4 Å². The maximum Gasteiger partial charge on any atom is 0.272 e. The molecule has 15 heteroatoms. The van der Waals surface area contributed by atoms with Crippen LogP contribution in [-0.2, 0) is 21.4 Å². The van der Waals surface area contributed by atoms with Gasteiger partial charge >= 0.3 is 0 Å². The van der Waals surface area contributed by atoms with Gasteiger partial charge in [0.1, 0.15) is 6.04 Å². The molecule has 1 aliphatic carbocycles. The quantitative estimate of drug-likeness (QED) is 0.160. The summed E-state index contributed by atoms with van der Waals surface area (Å²) in [4.78, 5) is 30.2. The normalized spacial score (nSPS) is 17.9. The monoisotopic (exact) mass is 661 g/mol. The van der Waals surface area contributed by atoms with Gasteiger partial charge in [-0.3, -0.25) is 14.6 Å². The van der Waals surface area contributed by atoms with E-state index in [0.29, 0.717) is 21.3 Å². The fourth-order valence-corrected chi connectivity index (χ4v) is 8.07. The van der Waals surface area contributed by atoms with Crippen LogP contribution in [0.4, 0.5) is 27.6 Å². The number of anilines is 1. The Balaban J connectivity index is 1.38. The molecule has 6 rings (SSSR count). The molecule has 4 aromatic rings. The minimum absolute atomic E-state index is 0.0736. The third-order valence-electron chi connectivity index (χ3n) is 8.70. The van der Waals surface area contributed by atoms with E-state index in [1.165, 1.54) is 35.7 Å². The van der Waals surface area contributed by atoms with E-state index in [2.05, 4.69) is 15.2 Å². The summed E-state index contributed by atoms with van der Waals surface area (Å²) in [5, 5.41) is 6.75. The van der Waals surface area contributed by atoms with E-state index < -0.39 is 68.1 Å². The lowest BCUT2D eigenvalue weighted by Crippen LogP contribution is -2.48. The largest absolute Gasteiger partial charge is 0.305 e. The molecule has 1 saturated carbocycles. The van der Waals surface area contributed by atoms with E-state index in [1.807, 2.05) is 6.07 Å². The standard InChI is InChI=1S/C31H28F5N5O4S/c32-24-25(33)27(35)29(28(36)26(24)34)46(44,45)41-12-4-7-23(41)31(43)40(21-10-11-22-19(13-21)15-38-39-30(22)42)16-20-9-8-18(14-37-20)17-5-2-1-3-6-17/h8-11,13-15,17,23H,1-7,12,16H2,(H,39,42). The molecule has 9 nitrogen and oxygen atoms in total. The molecule has 1 amide bonds. The third-order valence-corrected chi connectivity index (χ3v) is 10.6. The molecule has 2 aromatic carbocycles. The number of rotatable bonds is 7. The van der Waals surface area contributed by atoms with Gasteiger partial charge in [0.15, 0.2) is 28.2 Å². The highest BCUT2D eigenvalue weighted by Gasteiger charge is 2.45. The summed E-state index contributed by atoms with van der Waals surface area (Å²) in [6.07, 6.45) is 8.63. The average molecular weight is 662 g/mol. The molecular formula is C31H28F5N5O4S. The first-order valence-electron chi connectivity index (χ1n) is 14.8. The number of aromatic amines is 1. The number of benzene rings is 2. The summed E-state index contributed by atoms with van der Waals surface area (Å²) < 4.78 is 98.5. The lowest BCUT2D eigenvalue weighted by molar-refractivity contribution is -0.121. The fourth-order valence-electron chi connectivity index (χ4n) is 6.30. The van der Waals surface area contributed by atoms with Crippen LogP contribution >= 0.6 is 0 Å². The predicted molar refractivity (Wildman–Crippen MR) is 157 cm³/mol. The van der Waals surface area contributed by atoms with E-state index in [4.69, 9.17) is 0 Å². The maximum absolute atomic E-state index is 14.7. The molecule has 0 radical (unpaired) electrons. The molecule has 2 aromatic heterocycles. The minimum Gasteiger partial charge on any atom is -0.305 e. The van der Waals surface area contributed by atoms with Gasteiger partial charge in [-0.1, -0.05) is 25.3 Å². The minimum atomic E-state index is -5.38. The number of amides is 1. The zero-order valence-electron chi connectivity index (χ0n) is 24.3. The zero-order valence-corrected chi connectivity index (χ0v) is 25.1. The van der Waals surface area contributed by atoms with Gasteiger partial charge in [-0.05, 0) is 61.4 Å². The third kappa shape index (κ3) is 5.66. The first kappa shape index (κ1) is 31.7. The van der Waals surface area contributed by atoms with E-state index in [-0.39, 0.29) is 30.5 Å². The second kappa shape index (κ2) is 12.5. The lowest BCUT2D eigenvalue weighted by Gasteiger charge is -2.30. The number of hydrogen-bond donors (Lipinski definition) is 1. The Bertz CT molecular complexity index is 1960. The van der Waals surface area contributed by atoms with Gasteiger partial charge < -0.3 is 4.90 Å². The Hall–Kier alpha value is -4.24. The molecule has 1 N–H and O–H groups in total. The first-order chi connectivity index (χ1) is 22.0. The van der Waals surface area contributed by atoms with Crippen LogP contribution in [0, 0.1) is 29.1 Å².